The molecular formula is C18H24FNO3. The molecule has 1 aromatic rings. The van der Waals surface area contributed by atoms with Gasteiger partial charge in [-0.25, -0.2) is 4.39 Å². The number of piperidine rings is 1. The topological polar surface area (TPSA) is 38.8 Å². The first-order valence-corrected chi connectivity index (χ1v) is 8.42. The molecule has 4 nitrogen and oxygen atoms in total. The summed E-state index contributed by atoms with van der Waals surface area (Å²) in [5, 5.41) is 0. The maximum Gasteiger partial charge on any atom is 0.251 e. The fourth-order valence-corrected chi connectivity index (χ4v) is 3.23. The number of hydrogen-bond donors (Lipinski definition) is 0. The molecule has 1 amide bonds. The van der Waals surface area contributed by atoms with E-state index in [1.165, 1.54) is 12.1 Å². The summed E-state index contributed by atoms with van der Waals surface area (Å²) in [7, 11) is 0. The monoisotopic (exact) mass is 321 g/mol. The molecule has 2 aliphatic rings. The van der Waals surface area contributed by atoms with Gasteiger partial charge in [0.1, 0.15) is 11.9 Å². The Balaban J connectivity index is 1.41. The third-order valence-electron chi connectivity index (χ3n) is 4.66. The van der Waals surface area contributed by atoms with Gasteiger partial charge in [-0.2, -0.15) is 0 Å². The molecule has 23 heavy (non-hydrogen) atoms. The summed E-state index contributed by atoms with van der Waals surface area (Å²) in [6.45, 7) is 3.95. The van der Waals surface area contributed by atoms with Crippen LogP contribution in [0.3, 0.4) is 0 Å². The average molecular weight is 321 g/mol. The van der Waals surface area contributed by atoms with Crippen molar-refractivity contribution in [1.82, 2.24) is 4.90 Å². The van der Waals surface area contributed by atoms with Gasteiger partial charge in [0.15, 0.2) is 0 Å². The lowest BCUT2D eigenvalue weighted by Crippen LogP contribution is -2.45. The van der Waals surface area contributed by atoms with Gasteiger partial charge in [0.25, 0.3) is 5.91 Å². The van der Waals surface area contributed by atoms with Gasteiger partial charge < -0.3 is 14.4 Å². The van der Waals surface area contributed by atoms with Crippen LogP contribution in [0, 0.1) is 5.82 Å². The van der Waals surface area contributed by atoms with Crippen molar-refractivity contribution >= 4 is 5.91 Å². The van der Waals surface area contributed by atoms with Crippen LogP contribution in [0.2, 0.25) is 0 Å². The summed E-state index contributed by atoms with van der Waals surface area (Å²) in [5.41, 5.74) is 0.971. The van der Waals surface area contributed by atoms with Gasteiger partial charge in [-0.3, -0.25) is 4.79 Å². The van der Waals surface area contributed by atoms with Crippen LogP contribution in [0.4, 0.5) is 4.39 Å². The third-order valence-corrected chi connectivity index (χ3v) is 4.66. The van der Waals surface area contributed by atoms with Crippen molar-refractivity contribution in [3.63, 3.8) is 0 Å². The zero-order chi connectivity index (χ0) is 16.2. The molecule has 126 valence electrons. The minimum absolute atomic E-state index is 0.131. The van der Waals surface area contributed by atoms with E-state index in [-0.39, 0.29) is 30.0 Å². The lowest BCUT2D eigenvalue weighted by molar-refractivity contribution is -0.145. The van der Waals surface area contributed by atoms with E-state index in [0.29, 0.717) is 6.61 Å². The molecule has 0 aromatic heterocycles. The van der Waals surface area contributed by atoms with Crippen LogP contribution in [-0.4, -0.2) is 42.2 Å². The first-order valence-electron chi connectivity index (χ1n) is 8.42. The molecular weight excluding hydrogens is 297 g/mol. The van der Waals surface area contributed by atoms with Gasteiger partial charge in [0, 0.05) is 13.1 Å². The number of halogens is 1. The standard InChI is InChI=1S/C18H24FNO3/c1-13-2-7-17(23-13)18(21)20-10-8-16(9-11-20)22-12-14-3-5-15(19)6-4-14/h3-6,13,16-17H,2,7-12H2,1H3/t13-,17-/m1/s1. The van der Waals surface area contributed by atoms with Crippen molar-refractivity contribution in [1.29, 1.82) is 0 Å². The molecule has 0 radical (unpaired) electrons. The fraction of sp³-hybridized carbons (Fsp3) is 0.611. The summed E-state index contributed by atoms with van der Waals surface area (Å²) in [6, 6.07) is 6.38. The molecule has 0 spiro atoms. The maximum absolute atomic E-state index is 12.9. The van der Waals surface area contributed by atoms with Gasteiger partial charge in [-0.15, -0.1) is 0 Å². The van der Waals surface area contributed by atoms with Crippen molar-refractivity contribution < 1.29 is 18.7 Å². The van der Waals surface area contributed by atoms with Crippen molar-refractivity contribution in [2.45, 2.75) is 57.5 Å². The Labute approximate surface area is 136 Å². The summed E-state index contributed by atoms with van der Waals surface area (Å²) in [4.78, 5) is 14.3. The Hall–Kier alpha value is -1.46. The number of carbonyl (C=O) groups is 1. The summed E-state index contributed by atoms with van der Waals surface area (Å²) in [6.07, 6.45) is 3.59. The SMILES string of the molecule is C[C@@H]1CC[C@H](C(=O)N2CCC(OCc3ccc(F)cc3)CC2)O1. The number of likely N-dealkylation sites (tertiary alicyclic amines) is 1. The Kier molecular flexibility index (Phi) is 5.28. The van der Waals surface area contributed by atoms with E-state index in [2.05, 4.69) is 0 Å². The van der Waals surface area contributed by atoms with Crippen LogP contribution < -0.4 is 0 Å². The molecule has 2 saturated heterocycles. The van der Waals surface area contributed by atoms with Crippen molar-refractivity contribution in [2.75, 3.05) is 13.1 Å². The Morgan fingerprint density at radius 2 is 1.91 bits per heavy atom. The Morgan fingerprint density at radius 3 is 2.52 bits per heavy atom. The van der Waals surface area contributed by atoms with Crippen LogP contribution in [-0.2, 0) is 20.9 Å². The molecule has 0 unspecified atom stereocenters. The number of carbonyl (C=O) groups excluding carboxylic acids is 1. The predicted octanol–water partition coefficient (Wildman–Crippen LogP) is 2.90. The summed E-state index contributed by atoms with van der Waals surface area (Å²) >= 11 is 0. The first kappa shape index (κ1) is 16.4. The highest BCUT2D eigenvalue weighted by Gasteiger charge is 2.33. The van der Waals surface area contributed by atoms with E-state index in [1.54, 1.807) is 12.1 Å². The smallest absolute Gasteiger partial charge is 0.251 e. The quantitative estimate of drug-likeness (QED) is 0.856. The highest BCUT2D eigenvalue weighted by molar-refractivity contribution is 5.81. The van der Waals surface area contributed by atoms with Crippen molar-refractivity contribution in [3.8, 4) is 0 Å². The third kappa shape index (κ3) is 4.30. The van der Waals surface area contributed by atoms with E-state index in [0.717, 1.165) is 44.3 Å². The first-order chi connectivity index (χ1) is 11.1. The molecule has 5 heteroatoms. The number of hydrogen-bond acceptors (Lipinski definition) is 3. The number of amides is 1. The zero-order valence-electron chi connectivity index (χ0n) is 13.5. The van der Waals surface area contributed by atoms with Crippen LogP contribution in [0.25, 0.3) is 0 Å². The highest BCUT2D eigenvalue weighted by Crippen LogP contribution is 2.23. The second kappa shape index (κ2) is 7.41. The lowest BCUT2D eigenvalue weighted by atomic mass is 10.1. The number of ether oxygens (including phenoxy) is 2. The lowest BCUT2D eigenvalue weighted by Gasteiger charge is -2.33. The van der Waals surface area contributed by atoms with E-state index >= 15 is 0 Å². The Bertz CT molecular complexity index is 526. The minimum atomic E-state index is -0.248. The molecule has 2 atom stereocenters. The molecule has 2 aliphatic heterocycles. The average Bonchev–Trinajstić information content (AvgIpc) is 3.01. The van der Waals surface area contributed by atoms with Gasteiger partial charge in [-0.1, -0.05) is 12.1 Å². The molecule has 2 fully saturated rings. The molecule has 0 aliphatic carbocycles. The van der Waals surface area contributed by atoms with Crippen LogP contribution in [0.15, 0.2) is 24.3 Å². The van der Waals surface area contributed by atoms with Gasteiger partial charge in [-0.05, 0) is 50.3 Å². The van der Waals surface area contributed by atoms with Gasteiger partial charge in [0.05, 0.1) is 18.8 Å². The highest BCUT2D eigenvalue weighted by atomic mass is 19.1. The van der Waals surface area contributed by atoms with Crippen molar-refractivity contribution in [2.24, 2.45) is 0 Å². The Morgan fingerprint density at radius 1 is 1.22 bits per heavy atom. The van der Waals surface area contributed by atoms with Gasteiger partial charge >= 0.3 is 0 Å². The number of rotatable bonds is 4. The second-order valence-corrected chi connectivity index (χ2v) is 6.47. The van der Waals surface area contributed by atoms with Crippen molar-refractivity contribution in [3.05, 3.63) is 35.6 Å². The predicted molar refractivity (Wildman–Crippen MR) is 84.4 cm³/mol. The van der Waals surface area contributed by atoms with E-state index in [1.807, 2.05) is 11.8 Å². The van der Waals surface area contributed by atoms with E-state index in [4.69, 9.17) is 9.47 Å². The normalized spacial score (nSPS) is 25.7. The fourth-order valence-electron chi connectivity index (χ4n) is 3.23. The largest absolute Gasteiger partial charge is 0.373 e. The number of benzene rings is 1. The summed E-state index contributed by atoms with van der Waals surface area (Å²) in [5.74, 6) is -0.102. The molecule has 1 aromatic carbocycles. The second-order valence-electron chi connectivity index (χ2n) is 6.47. The number of nitrogens with zero attached hydrogens (tertiary/aromatic N) is 1. The van der Waals surface area contributed by atoms with Crippen LogP contribution in [0.1, 0.15) is 38.2 Å². The molecule has 2 heterocycles. The summed E-state index contributed by atoms with van der Waals surface area (Å²) < 4.78 is 24.4. The molecule has 0 bridgehead atoms. The minimum Gasteiger partial charge on any atom is -0.373 e. The molecule has 0 saturated carbocycles. The van der Waals surface area contributed by atoms with E-state index in [9.17, 15) is 9.18 Å². The molecule has 0 N–H and O–H groups in total. The van der Waals surface area contributed by atoms with E-state index < -0.39 is 0 Å². The van der Waals surface area contributed by atoms with Crippen LogP contribution in [0.5, 0.6) is 0 Å². The van der Waals surface area contributed by atoms with Gasteiger partial charge in [0.2, 0.25) is 0 Å². The zero-order valence-corrected chi connectivity index (χ0v) is 13.5. The van der Waals surface area contributed by atoms with Crippen LogP contribution >= 0.6 is 0 Å². The maximum atomic E-state index is 12.9. The molecule has 3 rings (SSSR count).